The molecule has 1 rings (SSSR count). The van der Waals surface area contributed by atoms with Crippen molar-refractivity contribution in [1.29, 1.82) is 0 Å². The molecule has 0 aliphatic carbocycles. The Morgan fingerprint density at radius 1 is 1.53 bits per heavy atom. The van der Waals surface area contributed by atoms with E-state index in [4.69, 9.17) is 9.84 Å². The number of thioether (sulfide) groups is 1. The van der Waals surface area contributed by atoms with Gasteiger partial charge < -0.3 is 9.84 Å². The predicted molar refractivity (Wildman–Crippen MR) is 63.3 cm³/mol. The predicted octanol–water partition coefficient (Wildman–Crippen LogP) is 1.74. The Labute approximate surface area is 103 Å². The highest BCUT2D eigenvalue weighted by Gasteiger charge is 2.13. The standard InChI is InChI=1S/C11H13NO4S/c1-3-16-10(13)6-17-9-4-7(2)12-5-8(9)11(14)15/h4-5H,3,6H2,1-2H3,(H,14,15). The van der Waals surface area contributed by atoms with E-state index in [0.717, 1.165) is 11.8 Å². The number of hydrogen-bond acceptors (Lipinski definition) is 5. The maximum Gasteiger partial charge on any atom is 0.338 e. The number of carbonyl (C=O) groups is 2. The van der Waals surface area contributed by atoms with Crippen LogP contribution in [0.15, 0.2) is 17.2 Å². The van der Waals surface area contributed by atoms with Crippen molar-refractivity contribution in [2.24, 2.45) is 0 Å². The minimum atomic E-state index is -1.05. The van der Waals surface area contributed by atoms with Crippen LogP contribution in [-0.2, 0) is 9.53 Å². The summed E-state index contributed by atoms with van der Waals surface area (Å²) >= 11 is 1.14. The zero-order valence-corrected chi connectivity index (χ0v) is 10.4. The van der Waals surface area contributed by atoms with E-state index >= 15 is 0 Å². The van der Waals surface area contributed by atoms with Gasteiger partial charge in [-0.2, -0.15) is 0 Å². The summed E-state index contributed by atoms with van der Waals surface area (Å²) < 4.78 is 4.77. The summed E-state index contributed by atoms with van der Waals surface area (Å²) in [4.78, 5) is 26.6. The number of carboxylic acid groups (broad SMARTS) is 1. The molecule has 0 aromatic carbocycles. The molecule has 0 atom stereocenters. The molecular formula is C11H13NO4S. The Kier molecular flexibility index (Phi) is 4.96. The number of rotatable bonds is 5. The van der Waals surface area contributed by atoms with E-state index in [1.165, 1.54) is 6.20 Å². The number of ether oxygens (including phenoxy) is 1. The van der Waals surface area contributed by atoms with Gasteiger partial charge in [-0.15, -0.1) is 11.8 Å². The SMILES string of the molecule is CCOC(=O)CSc1cc(C)ncc1C(=O)O. The second-order valence-corrected chi connectivity index (χ2v) is 4.24. The average molecular weight is 255 g/mol. The van der Waals surface area contributed by atoms with Crippen molar-refractivity contribution < 1.29 is 19.4 Å². The molecule has 0 radical (unpaired) electrons. The van der Waals surface area contributed by atoms with Crippen LogP contribution in [0.5, 0.6) is 0 Å². The van der Waals surface area contributed by atoms with Crippen LogP contribution in [-0.4, -0.2) is 34.4 Å². The van der Waals surface area contributed by atoms with Crippen molar-refractivity contribution in [3.63, 3.8) is 0 Å². The molecule has 0 fully saturated rings. The largest absolute Gasteiger partial charge is 0.478 e. The van der Waals surface area contributed by atoms with Crippen LogP contribution in [0.1, 0.15) is 23.0 Å². The number of carbonyl (C=O) groups excluding carboxylic acids is 1. The summed E-state index contributed by atoms with van der Waals surface area (Å²) in [5.41, 5.74) is 0.811. The molecular weight excluding hydrogens is 242 g/mol. The number of aryl methyl sites for hydroxylation is 1. The van der Waals surface area contributed by atoms with E-state index in [9.17, 15) is 9.59 Å². The van der Waals surface area contributed by atoms with Crippen LogP contribution in [0.2, 0.25) is 0 Å². The van der Waals surface area contributed by atoms with Gasteiger partial charge in [-0.25, -0.2) is 4.79 Å². The molecule has 92 valence electrons. The fourth-order valence-corrected chi connectivity index (χ4v) is 2.06. The lowest BCUT2D eigenvalue weighted by atomic mass is 10.2. The quantitative estimate of drug-likeness (QED) is 0.638. The van der Waals surface area contributed by atoms with Crippen molar-refractivity contribution in [3.05, 3.63) is 23.5 Å². The lowest BCUT2D eigenvalue weighted by Gasteiger charge is -2.06. The highest BCUT2D eigenvalue weighted by Crippen LogP contribution is 2.23. The zero-order valence-electron chi connectivity index (χ0n) is 9.60. The van der Waals surface area contributed by atoms with E-state index in [-0.39, 0.29) is 17.3 Å². The monoisotopic (exact) mass is 255 g/mol. The van der Waals surface area contributed by atoms with Crippen molar-refractivity contribution in [3.8, 4) is 0 Å². The van der Waals surface area contributed by atoms with Gasteiger partial charge >= 0.3 is 11.9 Å². The molecule has 1 aromatic rings. The van der Waals surface area contributed by atoms with Gasteiger partial charge in [0.1, 0.15) is 0 Å². The van der Waals surface area contributed by atoms with Crippen molar-refractivity contribution in [2.75, 3.05) is 12.4 Å². The first-order chi connectivity index (χ1) is 8.04. The van der Waals surface area contributed by atoms with Crippen LogP contribution in [0.4, 0.5) is 0 Å². The lowest BCUT2D eigenvalue weighted by molar-refractivity contribution is -0.139. The summed E-state index contributed by atoms with van der Waals surface area (Å²) in [5.74, 6) is -1.32. The second-order valence-electron chi connectivity index (χ2n) is 3.22. The van der Waals surface area contributed by atoms with Gasteiger partial charge in [-0.05, 0) is 19.9 Å². The smallest absolute Gasteiger partial charge is 0.338 e. The Morgan fingerprint density at radius 3 is 2.82 bits per heavy atom. The average Bonchev–Trinajstić information content (AvgIpc) is 2.26. The van der Waals surface area contributed by atoms with Crippen molar-refractivity contribution >= 4 is 23.7 Å². The number of nitrogens with zero attached hydrogens (tertiary/aromatic N) is 1. The normalized spacial score (nSPS) is 10.0. The highest BCUT2D eigenvalue weighted by molar-refractivity contribution is 8.00. The van der Waals surface area contributed by atoms with Gasteiger partial charge in [0.25, 0.3) is 0 Å². The van der Waals surface area contributed by atoms with Crippen molar-refractivity contribution in [1.82, 2.24) is 4.98 Å². The third kappa shape index (κ3) is 4.07. The van der Waals surface area contributed by atoms with E-state index in [0.29, 0.717) is 17.2 Å². The molecule has 0 saturated carbocycles. The van der Waals surface area contributed by atoms with E-state index in [2.05, 4.69) is 4.98 Å². The van der Waals surface area contributed by atoms with E-state index in [1.807, 2.05) is 0 Å². The number of esters is 1. The topological polar surface area (TPSA) is 76.5 Å². The number of carboxylic acids is 1. The molecule has 0 aliphatic heterocycles. The van der Waals surface area contributed by atoms with E-state index in [1.54, 1.807) is 19.9 Å². The first kappa shape index (κ1) is 13.5. The minimum Gasteiger partial charge on any atom is -0.478 e. The van der Waals surface area contributed by atoms with Gasteiger partial charge in [0.05, 0.1) is 17.9 Å². The zero-order chi connectivity index (χ0) is 12.8. The van der Waals surface area contributed by atoms with Gasteiger partial charge in [0, 0.05) is 16.8 Å². The number of hydrogen-bond donors (Lipinski definition) is 1. The molecule has 17 heavy (non-hydrogen) atoms. The first-order valence-electron chi connectivity index (χ1n) is 5.03. The molecule has 6 heteroatoms. The second kappa shape index (κ2) is 6.24. The van der Waals surface area contributed by atoms with E-state index < -0.39 is 5.97 Å². The fourth-order valence-electron chi connectivity index (χ4n) is 1.15. The van der Waals surface area contributed by atoms with Gasteiger partial charge in [-0.1, -0.05) is 0 Å². The van der Waals surface area contributed by atoms with Crippen LogP contribution < -0.4 is 0 Å². The molecule has 0 amide bonds. The molecule has 1 heterocycles. The van der Waals surface area contributed by atoms with Gasteiger partial charge in [-0.3, -0.25) is 9.78 Å². The molecule has 0 bridgehead atoms. The maximum atomic E-state index is 11.2. The molecule has 0 unspecified atom stereocenters. The molecule has 0 aliphatic rings. The third-order valence-corrected chi connectivity index (χ3v) is 2.91. The molecule has 1 N–H and O–H groups in total. The Bertz CT molecular complexity index is 433. The fraction of sp³-hybridized carbons (Fsp3) is 0.364. The highest BCUT2D eigenvalue weighted by atomic mass is 32.2. The summed E-state index contributed by atoms with van der Waals surface area (Å²) in [6.07, 6.45) is 1.30. The van der Waals surface area contributed by atoms with Gasteiger partial charge in [0.2, 0.25) is 0 Å². The van der Waals surface area contributed by atoms with Crippen LogP contribution in [0.3, 0.4) is 0 Å². The first-order valence-corrected chi connectivity index (χ1v) is 6.01. The Balaban J connectivity index is 2.78. The van der Waals surface area contributed by atoms with Crippen molar-refractivity contribution in [2.45, 2.75) is 18.7 Å². The number of pyridine rings is 1. The molecule has 5 nitrogen and oxygen atoms in total. The molecule has 0 saturated heterocycles. The Morgan fingerprint density at radius 2 is 2.24 bits per heavy atom. The lowest BCUT2D eigenvalue weighted by Crippen LogP contribution is -2.08. The third-order valence-electron chi connectivity index (χ3n) is 1.88. The van der Waals surface area contributed by atoms with Crippen LogP contribution in [0.25, 0.3) is 0 Å². The summed E-state index contributed by atoms with van der Waals surface area (Å²) in [6, 6.07) is 1.65. The minimum absolute atomic E-state index is 0.0948. The van der Waals surface area contributed by atoms with Crippen LogP contribution >= 0.6 is 11.8 Å². The summed E-state index contributed by atoms with van der Waals surface area (Å²) in [5, 5.41) is 8.96. The Hall–Kier alpha value is -1.56. The number of aromatic nitrogens is 1. The summed E-state index contributed by atoms with van der Waals surface area (Å²) in [7, 11) is 0. The maximum absolute atomic E-state index is 11.2. The summed E-state index contributed by atoms with van der Waals surface area (Å²) in [6.45, 7) is 3.81. The van der Waals surface area contributed by atoms with Gasteiger partial charge in [0.15, 0.2) is 0 Å². The number of aromatic carboxylic acids is 1. The molecule has 1 aromatic heterocycles. The van der Waals surface area contributed by atoms with Crippen LogP contribution in [0, 0.1) is 6.92 Å². The molecule has 0 spiro atoms.